The predicted molar refractivity (Wildman–Crippen MR) is 121 cm³/mol. The second-order valence-electron chi connectivity index (χ2n) is 7.64. The minimum Gasteiger partial charge on any atom is -0.345 e. The van der Waals surface area contributed by atoms with E-state index in [2.05, 4.69) is 60.4 Å². The smallest absolute Gasteiger partial charge is 0.227 e. The van der Waals surface area contributed by atoms with Gasteiger partial charge < -0.3 is 9.80 Å². The van der Waals surface area contributed by atoms with Gasteiger partial charge in [0.15, 0.2) is 5.13 Å². The van der Waals surface area contributed by atoms with Crippen molar-refractivity contribution in [1.82, 2.24) is 9.88 Å². The molecule has 4 nitrogen and oxygen atoms in total. The van der Waals surface area contributed by atoms with Crippen LogP contribution in [0.15, 0.2) is 60.7 Å². The van der Waals surface area contributed by atoms with Crippen LogP contribution in [0.4, 0.5) is 5.13 Å². The zero-order chi connectivity index (χ0) is 19.8. The Bertz CT molecular complexity index is 1190. The molecule has 0 unspecified atom stereocenters. The summed E-state index contributed by atoms with van der Waals surface area (Å²) in [5.74, 6) is 0.208. The van der Waals surface area contributed by atoms with Crippen LogP contribution >= 0.6 is 11.3 Å². The van der Waals surface area contributed by atoms with Gasteiger partial charge in [0, 0.05) is 26.2 Å². The second-order valence-corrected chi connectivity index (χ2v) is 8.65. The molecule has 0 N–H and O–H groups in total. The third-order valence-electron chi connectivity index (χ3n) is 5.68. The molecule has 5 heteroatoms. The number of hydrogen-bond donors (Lipinski definition) is 0. The number of hydrogen-bond acceptors (Lipinski definition) is 4. The number of carbonyl (C=O) groups is 1. The Morgan fingerprint density at radius 2 is 1.76 bits per heavy atom. The fourth-order valence-electron chi connectivity index (χ4n) is 3.99. The molecule has 1 aliphatic rings. The van der Waals surface area contributed by atoms with Crippen molar-refractivity contribution in [3.8, 4) is 0 Å². The Kier molecular flexibility index (Phi) is 4.68. The van der Waals surface area contributed by atoms with Crippen LogP contribution < -0.4 is 4.90 Å². The lowest BCUT2D eigenvalue weighted by atomic mass is 10.0. The van der Waals surface area contributed by atoms with Crippen LogP contribution in [0.25, 0.3) is 21.0 Å². The molecule has 5 rings (SSSR count). The summed E-state index contributed by atoms with van der Waals surface area (Å²) in [6.45, 7) is 5.28. The van der Waals surface area contributed by atoms with Gasteiger partial charge in [0.2, 0.25) is 5.91 Å². The van der Waals surface area contributed by atoms with Crippen molar-refractivity contribution < 1.29 is 4.79 Å². The summed E-state index contributed by atoms with van der Waals surface area (Å²) < 4.78 is 1.23. The summed E-state index contributed by atoms with van der Waals surface area (Å²) in [4.78, 5) is 22.0. The number of aryl methyl sites for hydroxylation is 1. The summed E-state index contributed by atoms with van der Waals surface area (Å²) >= 11 is 1.74. The maximum atomic E-state index is 12.8. The average molecular weight is 402 g/mol. The quantitative estimate of drug-likeness (QED) is 0.501. The van der Waals surface area contributed by atoms with Crippen LogP contribution in [0.1, 0.15) is 11.1 Å². The maximum absolute atomic E-state index is 12.8. The van der Waals surface area contributed by atoms with Crippen LogP contribution in [0.3, 0.4) is 0 Å². The van der Waals surface area contributed by atoms with Crippen molar-refractivity contribution >= 4 is 43.4 Å². The monoisotopic (exact) mass is 401 g/mol. The van der Waals surface area contributed by atoms with Crippen molar-refractivity contribution in [3.63, 3.8) is 0 Å². The molecular formula is C24H23N3OS. The van der Waals surface area contributed by atoms with Crippen molar-refractivity contribution in [2.75, 3.05) is 31.1 Å². The minimum atomic E-state index is 0.208. The maximum Gasteiger partial charge on any atom is 0.227 e. The van der Waals surface area contributed by atoms with Gasteiger partial charge in [-0.3, -0.25) is 4.79 Å². The summed E-state index contributed by atoms with van der Waals surface area (Å²) in [7, 11) is 0. The first-order valence-electron chi connectivity index (χ1n) is 10.0. The van der Waals surface area contributed by atoms with E-state index in [1.54, 1.807) is 11.3 Å². The molecule has 146 valence electrons. The number of aromatic nitrogens is 1. The van der Waals surface area contributed by atoms with Gasteiger partial charge in [-0.2, -0.15) is 0 Å². The molecule has 1 amide bonds. The van der Waals surface area contributed by atoms with Crippen LogP contribution in [-0.2, 0) is 11.2 Å². The molecule has 1 aliphatic heterocycles. The molecule has 0 atom stereocenters. The van der Waals surface area contributed by atoms with Gasteiger partial charge in [-0.05, 0) is 34.9 Å². The van der Waals surface area contributed by atoms with Gasteiger partial charge in [0.1, 0.15) is 0 Å². The number of rotatable bonds is 3. The highest BCUT2D eigenvalue weighted by Gasteiger charge is 2.23. The first-order chi connectivity index (χ1) is 14.2. The number of piperazine rings is 1. The first-order valence-corrected chi connectivity index (χ1v) is 10.9. The van der Waals surface area contributed by atoms with Gasteiger partial charge in [-0.15, -0.1) is 0 Å². The van der Waals surface area contributed by atoms with E-state index in [9.17, 15) is 4.79 Å². The molecule has 4 aromatic rings. The topological polar surface area (TPSA) is 36.4 Å². The molecule has 0 spiro atoms. The molecule has 1 aromatic heterocycles. The number of para-hydroxylation sites is 1. The number of anilines is 1. The lowest BCUT2D eigenvalue weighted by Crippen LogP contribution is -2.49. The van der Waals surface area contributed by atoms with Crippen molar-refractivity contribution in [1.29, 1.82) is 0 Å². The van der Waals surface area contributed by atoms with Gasteiger partial charge in [0.05, 0.1) is 16.6 Å². The molecule has 0 aliphatic carbocycles. The van der Waals surface area contributed by atoms with Crippen molar-refractivity contribution in [2.24, 2.45) is 0 Å². The Hall–Kier alpha value is -2.92. The van der Waals surface area contributed by atoms with Crippen LogP contribution in [0.5, 0.6) is 0 Å². The fourth-order valence-corrected chi connectivity index (χ4v) is 5.09. The molecule has 0 saturated carbocycles. The lowest BCUT2D eigenvalue weighted by molar-refractivity contribution is -0.130. The number of thiazole rings is 1. The molecule has 29 heavy (non-hydrogen) atoms. The summed E-state index contributed by atoms with van der Waals surface area (Å²) in [5.41, 5.74) is 3.40. The van der Waals surface area contributed by atoms with E-state index >= 15 is 0 Å². The highest BCUT2D eigenvalue weighted by atomic mass is 32.1. The normalized spacial score (nSPS) is 14.7. The summed E-state index contributed by atoms with van der Waals surface area (Å²) in [5, 5.41) is 3.47. The largest absolute Gasteiger partial charge is 0.345 e. The van der Waals surface area contributed by atoms with Gasteiger partial charge in [-0.1, -0.05) is 65.9 Å². The van der Waals surface area contributed by atoms with E-state index in [1.165, 1.54) is 21.0 Å². The summed E-state index contributed by atoms with van der Waals surface area (Å²) in [6, 6.07) is 20.9. The minimum absolute atomic E-state index is 0.208. The fraction of sp³-hybridized carbons (Fsp3) is 0.250. The third-order valence-corrected chi connectivity index (χ3v) is 6.76. The highest BCUT2D eigenvalue weighted by Crippen LogP contribution is 2.31. The molecule has 1 fully saturated rings. The summed E-state index contributed by atoms with van der Waals surface area (Å²) in [6.07, 6.45) is 0.463. The van der Waals surface area contributed by atoms with Crippen molar-refractivity contribution in [2.45, 2.75) is 13.3 Å². The Balaban J connectivity index is 1.24. The standard InChI is InChI=1S/C24H23N3OS/c1-17-5-4-8-21-23(17)25-24(29-21)27-13-11-26(12-14-27)22(28)16-18-9-10-19-6-2-3-7-20(19)15-18/h2-10,15H,11-14,16H2,1H3. The molecule has 0 bridgehead atoms. The molecule has 0 radical (unpaired) electrons. The zero-order valence-corrected chi connectivity index (χ0v) is 17.3. The predicted octanol–water partition coefficient (Wildman–Crippen LogP) is 4.65. The van der Waals surface area contributed by atoms with E-state index in [-0.39, 0.29) is 5.91 Å². The lowest BCUT2D eigenvalue weighted by Gasteiger charge is -2.34. The molecule has 1 saturated heterocycles. The Morgan fingerprint density at radius 3 is 2.55 bits per heavy atom. The number of benzene rings is 3. The van der Waals surface area contributed by atoms with E-state index in [0.717, 1.165) is 42.4 Å². The first kappa shape index (κ1) is 18.1. The van der Waals surface area contributed by atoms with Crippen molar-refractivity contribution in [3.05, 3.63) is 71.8 Å². The molecule has 2 heterocycles. The van der Waals surface area contributed by atoms with Gasteiger partial charge >= 0.3 is 0 Å². The Labute approximate surface area is 174 Å². The molecule has 3 aromatic carbocycles. The van der Waals surface area contributed by atoms with Crippen LogP contribution in [0.2, 0.25) is 0 Å². The number of nitrogens with zero attached hydrogens (tertiary/aromatic N) is 3. The van der Waals surface area contributed by atoms with Crippen LogP contribution in [-0.4, -0.2) is 42.0 Å². The second kappa shape index (κ2) is 7.48. The third kappa shape index (κ3) is 3.58. The Morgan fingerprint density at radius 1 is 0.966 bits per heavy atom. The number of amides is 1. The number of carbonyl (C=O) groups excluding carboxylic acids is 1. The van der Waals surface area contributed by atoms with E-state index in [4.69, 9.17) is 4.98 Å². The average Bonchev–Trinajstić information content (AvgIpc) is 3.20. The highest BCUT2D eigenvalue weighted by molar-refractivity contribution is 7.22. The van der Waals surface area contributed by atoms with Gasteiger partial charge in [-0.25, -0.2) is 4.98 Å². The van der Waals surface area contributed by atoms with Gasteiger partial charge in [0.25, 0.3) is 0 Å². The zero-order valence-electron chi connectivity index (χ0n) is 16.5. The van der Waals surface area contributed by atoms with E-state index < -0.39 is 0 Å². The van der Waals surface area contributed by atoms with E-state index in [0.29, 0.717) is 6.42 Å². The van der Waals surface area contributed by atoms with E-state index in [1.807, 2.05) is 17.0 Å². The van der Waals surface area contributed by atoms with Crippen LogP contribution in [0, 0.1) is 6.92 Å². The SMILES string of the molecule is Cc1cccc2sc(N3CCN(C(=O)Cc4ccc5ccccc5c4)CC3)nc12. The molecular weight excluding hydrogens is 378 g/mol. The number of fused-ring (bicyclic) bond motifs is 2.